The predicted molar refractivity (Wildman–Crippen MR) is 125 cm³/mol. The van der Waals surface area contributed by atoms with Crippen molar-refractivity contribution in [2.75, 3.05) is 26.2 Å². The summed E-state index contributed by atoms with van der Waals surface area (Å²) in [6.07, 6.45) is 4.94. The van der Waals surface area contributed by atoms with Crippen LogP contribution in [0.4, 0.5) is 4.79 Å². The van der Waals surface area contributed by atoms with Gasteiger partial charge >= 0.3 is 6.09 Å². The number of aliphatic hydroxyl groups is 1. The normalized spacial score (nSPS) is 31.9. The molecule has 180 valence electrons. The van der Waals surface area contributed by atoms with E-state index in [1.807, 2.05) is 39.0 Å². The maximum absolute atomic E-state index is 12.9. The lowest BCUT2D eigenvalue weighted by atomic mass is 9.52. The molecule has 2 saturated heterocycles. The molecule has 3 unspecified atom stereocenters. The Balaban J connectivity index is 1.55. The third kappa shape index (κ3) is 3.83. The summed E-state index contributed by atoms with van der Waals surface area (Å²) in [5.41, 5.74) is 6.32. The SMILES string of the molecule is CC(C)(C)OC(=O)N1CCC23CCN(CC4CC4)C(Cc4ccc(C(N)=O)cc42)C3(O)CC1. The molecule has 7 nitrogen and oxygen atoms in total. The fourth-order valence-corrected chi connectivity index (χ4v) is 6.54. The van der Waals surface area contributed by atoms with E-state index < -0.39 is 22.5 Å². The molecule has 3 fully saturated rings. The summed E-state index contributed by atoms with van der Waals surface area (Å²) in [6, 6.07) is 5.77. The Labute approximate surface area is 196 Å². The largest absolute Gasteiger partial charge is 0.444 e. The van der Waals surface area contributed by atoms with E-state index in [1.54, 1.807) is 4.90 Å². The highest BCUT2D eigenvalue weighted by molar-refractivity contribution is 5.93. The number of ether oxygens (including phenoxy) is 1. The molecular formula is C26H37N3O4. The molecular weight excluding hydrogens is 418 g/mol. The lowest BCUT2D eigenvalue weighted by molar-refractivity contribution is -0.149. The molecule has 2 aliphatic carbocycles. The molecule has 1 aromatic carbocycles. The summed E-state index contributed by atoms with van der Waals surface area (Å²) in [5, 5.41) is 12.5. The molecule has 1 saturated carbocycles. The second-order valence-electron chi connectivity index (χ2n) is 11.6. The molecule has 1 aromatic rings. The minimum Gasteiger partial charge on any atom is -0.444 e. The molecule has 3 atom stereocenters. The van der Waals surface area contributed by atoms with Gasteiger partial charge < -0.3 is 20.5 Å². The highest BCUT2D eigenvalue weighted by Gasteiger charge is 2.63. The molecule has 3 N–H and O–H groups in total. The number of amides is 2. The molecule has 0 radical (unpaired) electrons. The Morgan fingerprint density at radius 1 is 1.15 bits per heavy atom. The molecule has 33 heavy (non-hydrogen) atoms. The second-order valence-corrected chi connectivity index (χ2v) is 11.6. The third-order valence-corrected chi connectivity index (χ3v) is 8.38. The number of nitrogens with two attached hydrogens (primary N) is 1. The number of primary amides is 1. The van der Waals surface area contributed by atoms with Gasteiger partial charge in [0.1, 0.15) is 5.60 Å². The van der Waals surface area contributed by atoms with E-state index >= 15 is 0 Å². The number of hydrogen-bond acceptors (Lipinski definition) is 5. The number of carbonyl (C=O) groups excluding carboxylic acids is 2. The van der Waals surface area contributed by atoms with Crippen molar-refractivity contribution in [3.8, 4) is 0 Å². The predicted octanol–water partition coefficient (Wildman–Crippen LogP) is 2.83. The monoisotopic (exact) mass is 455 g/mol. The van der Waals surface area contributed by atoms with Gasteiger partial charge in [-0.2, -0.15) is 0 Å². The van der Waals surface area contributed by atoms with Crippen molar-refractivity contribution in [3.63, 3.8) is 0 Å². The average Bonchev–Trinajstić information content (AvgIpc) is 3.55. The van der Waals surface area contributed by atoms with Crippen LogP contribution < -0.4 is 5.73 Å². The Morgan fingerprint density at radius 3 is 2.52 bits per heavy atom. The van der Waals surface area contributed by atoms with E-state index in [-0.39, 0.29) is 12.1 Å². The van der Waals surface area contributed by atoms with E-state index in [9.17, 15) is 14.7 Å². The van der Waals surface area contributed by atoms with Crippen LogP contribution in [-0.2, 0) is 16.6 Å². The summed E-state index contributed by atoms with van der Waals surface area (Å²) in [4.78, 5) is 29.2. The number of nitrogens with zero attached hydrogens (tertiary/aromatic N) is 2. The topological polar surface area (TPSA) is 96.1 Å². The molecule has 7 heteroatoms. The van der Waals surface area contributed by atoms with Crippen LogP contribution in [0.15, 0.2) is 18.2 Å². The lowest BCUT2D eigenvalue weighted by Crippen LogP contribution is -2.71. The van der Waals surface area contributed by atoms with Crippen molar-refractivity contribution in [2.24, 2.45) is 11.7 Å². The molecule has 5 rings (SSSR count). The highest BCUT2D eigenvalue weighted by atomic mass is 16.6. The Bertz CT molecular complexity index is 969. The van der Waals surface area contributed by atoms with Crippen molar-refractivity contribution in [2.45, 2.75) is 82.0 Å². The van der Waals surface area contributed by atoms with E-state index in [1.165, 1.54) is 18.4 Å². The van der Waals surface area contributed by atoms with Crippen LogP contribution in [0, 0.1) is 5.92 Å². The number of rotatable bonds is 3. The van der Waals surface area contributed by atoms with Crippen LogP contribution in [0.2, 0.25) is 0 Å². The fraction of sp³-hybridized carbons (Fsp3) is 0.692. The molecule has 2 amide bonds. The van der Waals surface area contributed by atoms with E-state index in [4.69, 9.17) is 10.5 Å². The van der Waals surface area contributed by atoms with Gasteiger partial charge in [0.25, 0.3) is 0 Å². The van der Waals surface area contributed by atoms with Crippen LogP contribution in [-0.4, -0.2) is 70.3 Å². The highest BCUT2D eigenvalue weighted by Crippen LogP contribution is 2.56. The lowest BCUT2D eigenvalue weighted by Gasteiger charge is -2.61. The number of fused-ring (bicyclic) bond motifs is 1. The van der Waals surface area contributed by atoms with Gasteiger partial charge in [-0.05, 0) is 95.0 Å². The fourth-order valence-electron chi connectivity index (χ4n) is 6.54. The van der Waals surface area contributed by atoms with Crippen LogP contribution in [0.3, 0.4) is 0 Å². The maximum atomic E-state index is 12.9. The Hall–Kier alpha value is -2.12. The second kappa shape index (κ2) is 7.70. The first-order valence-corrected chi connectivity index (χ1v) is 12.4. The third-order valence-electron chi connectivity index (χ3n) is 8.38. The summed E-state index contributed by atoms with van der Waals surface area (Å²) in [7, 11) is 0. The van der Waals surface area contributed by atoms with E-state index in [0.29, 0.717) is 31.5 Å². The van der Waals surface area contributed by atoms with Gasteiger partial charge in [0.15, 0.2) is 0 Å². The van der Waals surface area contributed by atoms with Crippen molar-refractivity contribution >= 4 is 12.0 Å². The maximum Gasteiger partial charge on any atom is 0.410 e. The van der Waals surface area contributed by atoms with Crippen molar-refractivity contribution in [1.29, 1.82) is 0 Å². The van der Waals surface area contributed by atoms with Crippen LogP contribution >= 0.6 is 0 Å². The van der Waals surface area contributed by atoms with Gasteiger partial charge in [-0.3, -0.25) is 9.69 Å². The van der Waals surface area contributed by atoms with Crippen molar-refractivity contribution < 1.29 is 19.4 Å². The number of hydrogen-bond donors (Lipinski definition) is 2. The first kappa shape index (κ1) is 22.7. The first-order chi connectivity index (χ1) is 15.5. The van der Waals surface area contributed by atoms with Crippen molar-refractivity contribution in [1.82, 2.24) is 9.80 Å². The van der Waals surface area contributed by atoms with E-state index in [0.717, 1.165) is 37.4 Å². The number of benzene rings is 1. The molecule has 0 aromatic heterocycles. The quantitative estimate of drug-likeness (QED) is 0.731. The summed E-state index contributed by atoms with van der Waals surface area (Å²) < 4.78 is 5.66. The van der Waals surface area contributed by atoms with Gasteiger partial charge in [0, 0.05) is 36.7 Å². The smallest absolute Gasteiger partial charge is 0.410 e. The van der Waals surface area contributed by atoms with Gasteiger partial charge in [-0.25, -0.2) is 4.79 Å². The molecule has 0 spiro atoms. The molecule has 2 aliphatic heterocycles. The zero-order valence-electron chi connectivity index (χ0n) is 20.1. The van der Waals surface area contributed by atoms with Gasteiger partial charge in [0.2, 0.25) is 5.91 Å². The summed E-state index contributed by atoms with van der Waals surface area (Å²) >= 11 is 0. The Morgan fingerprint density at radius 2 is 1.85 bits per heavy atom. The van der Waals surface area contributed by atoms with Gasteiger partial charge in [0.05, 0.1) is 5.60 Å². The summed E-state index contributed by atoms with van der Waals surface area (Å²) in [5.74, 6) is 0.291. The zero-order chi connectivity index (χ0) is 23.6. The minimum atomic E-state index is -0.972. The number of likely N-dealkylation sites (tertiary alicyclic amines) is 2. The van der Waals surface area contributed by atoms with Crippen LogP contribution in [0.1, 0.15) is 74.4 Å². The first-order valence-electron chi connectivity index (χ1n) is 12.4. The standard InChI is InChI=1S/C26H37N3O4/c1-24(2,3)33-23(31)28-11-8-25-9-12-29(16-17-4-5-17)21(26(25,32)10-13-28)15-18-6-7-19(22(27)30)14-20(18)25/h6-7,14,17,21,32H,4-5,8-13,15-16H2,1-3H3,(H2,27,30). The number of carbonyl (C=O) groups is 2. The van der Waals surface area contributed by atoms with Crippen LogP contribution in [0.5, 0.6) is 0 Å². The molecule has 2 heterocycles. The van der Waals surface area contributed by atoms with Gasteiger partial charge in [-0.1, -0.05) is 6.07 Å². The van der Waals surface area contributed by atoms with Gasteiger partial charge in [-0.15, -0.1) is 0 Å². The van der Waals surface area contributed by atoms with E-state index in [2.05, 4.69) is 4.90 Å². The molecule has 2 bridgehead atoms. The van der Waals surface area contributed by atoms with Crippen LogP contribution in [0.25, 0.3) is 0 Å². The zero-order valence-corrected chi connectivity index (χ0v) is 20.1. The number of piperidine rings is 1. The Kier molecular flexibility index (Phi) is 5.29. The van der Waals surface area contributed by atoms with Crippen molar-refractivity contribution in [3.05, 3.63) is 34.9 Å². The summed E-state index contributed by atoms with van der Waals surface area (Å²) in [6.45, 7) is 8.57. The average molecular weight is 456 g/mol. The minimum absolute atomic E-state index is 0.0114. The molecule has 4 aliphatic rings.